The third kappa shape index (κ3) is 4.48. The lowest BCUT2D eigenvalue weighted by molar-refractivity contribution is 0.631. The first-order valence-electron chi connectivity index (χ1n) is 11.9. The summed E-state index contributed by atoms with van der Waals surface area (Å²) in [5.41, 5.74) is 6.33. The monoisotopic (exact) mass is 478 g/mol. The van der Waals surface area contributed by atoms with Crippen molar-refractivity contribution in [2.45, 2.75) is 20.4 Å². The lowest BCUT2D eigenvalue weighted by Crippen LogP contribution is -2.23. The van der Waals surface area contributed by atoms with Crippen molar-refractivity contribution in [3.63, 3.8) is 0 Å². The molecule has 36 heavy (non-hydrogen) atoms. The number of rotatable bonds is 7. The molecule has 0 saturated heterocycles. The van der Waals surface area contributed by atoms with Crippen LogP contribution in [0.4, 0.5) is 4.39 Å². The van der Waals surface area contributed by atoms with E-state index < -0.39 is 0 Å². The van der Waals surface area contributed by atoms with Gasteiger partial charge >= 0.3 is 0 Å². The zero-order chi connectivity index (χ0) is 25.1. The molecular formula is C29H27FN6. The van der Waals surface area contributed by atoms with E-state index in [2.05, 4.69) is 50.0 Å². The molecule has 6 nitrogen and oxygen atoms in total. The van der Waals surface area contributed by atoms with Crippen LogP contribution in [0.1, 0.15) is 25.0 Å². The van der Waals surface area contributed by atoms with E-state index in [1.165, 1.54) is 6.07 Å². The molecule has 0 spiro atoms. The fourth-order valence-corrected chi connectivity index (χ4v) is 4.27. The summed E-state index contributed by atoms with van der Waals surface area (Å²) >= 11 is 0. The van der Waals surface area contributed by atoms with E-state index in [9.17, 15) is 4.39 Å². The Morgan fingerprint density at radius 1 is 1.14 bits per heavy atom. The van der Waals surface area contributed by atoms with Gasteiger partial charge in [-0.1, -0.05) is 31.7 Å². The van der Waals surface area contributed by atoms with Gasteiger partial charge in [-0.2, -0.15) is 5.10 Å². The van der Waals surface area contributed by atoms with Crippen LogP contribution in [0.3, 0.4) is 0 Å². The first-order valence-corrected chi connectivity index (χ1v) is 11.9. The molecule has 0 fully saturated rings. The molecule has 0 unspecified atom stereocenters. The van der Waals surface area contributed by atoms with Crippen molar-refractivity contribution in [1.82, 2.24) is 30.5 Å². The van der Waals surface area contributed by atoms with Gasteiger partial charge in [0.15, 0.2) is 0 Å². The zero-order valence-electron chi connectivity index (χ0n) is 20.3. The number of nitrogens with zero attached hydrogens (tertiary/aromatic N) is 3. The van der Waals surface area contributed by atoms with E-state index in [-0.39, 0.29) is 5.82 Å². The van der Waals surface area contributed by atoms with Crippen molar-refractivity contribution >= 4 is 28.6 Å². The number of halogens is 1. The van der Waals surface area contributed by atoms with E-state index in [0.717, 1.165) is 62.6 Å². The average Bonchev–Trinajstić information content (AvgIpc) is 3.51. The smallest absolute Gasteiger partial charge is 0.132 e. The molecule has 4 aromatic heterocycles. The van der Waals surface area contributed by atoms with Gasteiger partial charge in [0.2, 0.25) is 0 Å². The van der Waals surface area contributed by atoms with Gasteiger partial charge in [-0.3, -0.25) is 15.1 Å². The minimum atomic E-state index is -0.307. The molecule has 0 radical (unpaired) electrons. The van der Waals surface area contributed by atoms with Crippen molar-refractivity contribution in [2.75, 3.05) is 6.54 Å². The summed E-state index contributed by atoms with van der Waals surface area (Å²) in [6.07, 6.45) is 9.36. The Bertz CT molecular complexity index is 1680. The third-order valence-electron chi connectivity index (χ3n) is 6.12. The summed E-state index contributed by atoms with van der Waals surface area (Å²) in [6.45, 7) is 9.99. The van der Waals surface area contributed by atoms with E-state index in [1.807, 2.05) is 49.7 Å². The number of aromatic nitrogens is 5. The second-order valence-corrected chi connectivity index (χ2v) is 8.50. The Morgan fingerprint density at radius 2 is 2.00 bits per heavy atom. The summed E-state index contributed by atoms with van der Waals surface area (Å²) in [5, 5.41) is 13.7. The number of benzene rings is 1. The number of hydrogen-bond donors (Lipinski definition) is 3. The second-order valence-electron chi connectivity index (χ2n) is 8.50. The van der Waals surface area contributed by atoms with Crippen LogP contribution in [-0.4, -0.2) is 31.7 Å². The normalized spacial score (nSPS) is 12.5. The van der Waals surface area contributed by atoms with Gasteiger partial charge in [-0.15, -0.1) is 0 Å². The third-order valence-corrected chi connectivity index (χ3v) is 6.12. The highest BCUT2D eigenvalue weighted by Crippen LogP contribution is 2.30. The molecule has 180 valence electrons. The molecule has 0 aliphatic carbocycles. The number of aromatic amines is 2. The molecule has 7 heteroatoms. The van der Waals surface area contributed by atoms with Gasteiger partial charge < -0.3 is 10.3 Å². The number of allylic oxidation sites excluding steroid dienone is 1. The Kier molecular flexibility index (Phi) is 6.56. The minimum absolute atomic E-state index is 0.307. The lowest BCUT2D eigenvalue weighted by atomic mass is 10.1. The largest absolute Gasteiger partial charge is 0.353 e. The van der Waals surface area contributed by atoms with E-state index in [1.54, 1.807) is 18.3 Å². The molecule has 4 heterocycles. The summed E-state index contributed by atoms with van der Waals surface area (Å²) in [7, 11) is 0. The van der Waals surface area contributed by atoms with E-state index >= 15 is 0 Å². The zero-order valence-corrected chi connectivity index (χ0v) is 20.3. The van der Waals surface area contributed by atoms with Gasteiger partial charge in [-0.05, 0) is 66.6 Å². The van der Waals surface area contributed by atoms with Crippen molar-refractivity contribution in [1.29, 1.82) is 0 Å². The number of H-pyrrole nitrogens is 2. The Labute approximate surface area is 208 Å². The molecule has 0 aliphatic rings. The molecule has 5 aromatic rings. The van der Waals surface area contributed by atoms with Crippen LogP contribution < -0.4 is 15.9 Å². The SMILES string of the molecule is C=C(/C=c1/c(-c2cc3c(-c4ccccc4F)nccc3[nH]2)n[nH]/c1=C/C)c1cncc(CNCC)c1. The van der Waals surface area contributed by atoms with E-state index in [4.69, 9.17) is 0 Å². The minimum Gasteiger partial charge on any atom is -0.353 e. The number of nitrogens with one attached hydrogen (secondary N) is 3. The predicted molar refractivity (Wildman–Crippen MR) is 144 cm³/mol. The second kappa shape index (κ2) is 10.1. The predicted octanol–water partition coefficient (Wildman–Crippen LogP) is 4.56. The van der Waals surface area contributed by atoms with Gasteiger partial charge in [0.05, 0.1) is 16.7 Å². The van der Waals surface area contributed by atoms with Crippen LogP contribution in [0.5, 0.6) is 0 Å². The number of fused-ring (bicyclic) bond motifs is 1. The summed E-state index contributed by atoms with van der Waals surface area (Å²) in [5.74, 6) is -0.307. The lowest BCUT2D eigenvalue weighted by Gasteiger charge is -2.05. The Balaban J connectivity index is 1.60. The molecular weight excluding hydrogens is 451 g/mol. The fourth-order valence-electron chi connectivity index (χ4n) is 4.27. The van der Waals surface area contributed by atoms with E-state index in [0.29, 0.717) is 11.3 Å². The van der Waals surface area contributed by atoms with Crippen molar-refractivity contribution in [3.8, 4) is 22.6 Å². The Morgan fingerprint density at radius 3 is 2.81 bits per heavy atom. The van der Waals surface area contributed by atoms with Gasteiger partial charge in [0.25, 0.3) is 0 Å². The molecule has 3 N–H and O–H groups in total. The van der Waals surface area contributed by atoms with Crippen LogP contribution in [-0.2, 0) is 6.54 Å². The average molecular weight is 479 g/mol. The maximum absolute atomic E-state index is 14.6. The van der Waals surface area contributed by atoms with Gasteiger partial charge in [0, 0.05) is 46.8 Å². The van der Waals surface area contributed by atoms with Crippen LogP contribution in [0, 0.1) is 5.82 Å². The topological polar surface area (TPSA) is 82.3 Å². The van der Waals surface area contributed by atoms with Crippen LogP contribution in [0.2, 0.25) is 0 Å². The highest BCUT2D eigenvalue weighted by atomic mass is 19.1. The van der Waals surface area contributed by atoms with Gasteiger partial charge in [0.1, 0.15) is 11.5 Å². The van der Waals surface area contributed by atoms with Crippen LogP contribution in [0.15, 0.2) is 67.6 Å². The summed E-state index contributed by atoms with van der Waals surface area (Å²) in [6, 6.07) is 12.6. The molecule has 0 atom stereocenters. The van der Waals surface area contributed by atoms with Gasteiger partial charge in [-0.25, -0.2) is 4.39 Å². The molecule has 1 aromatic carbocycles. The Hall–Kier alpha value is -4.36. The molecule has 0 aliphatic heterocycles. The molecule has 0 amide bonds. The molecule has 0 bridgehead atoms. The highest BCUT2D eigenvalue weighted by Gasteiger charge is 2.15. The highest BCUT2D eigenvalue weighted by molar-refractivity contribution is 5.96. The maximum atomic E-state index is 14.6. The molecule has 0 saturated carbocycles. The van der Waals surface area contributed by atoms with Crippen molar-refractivity contribution < 1.29 is 4.39 Å². The van der Waals surface area contributed by atoms with Crippen LogP contribution >= 0.6 is 0 Å². The molecule has 5 rings (SSSR count). The number of pyridine rings is 2. The summed E-state index contributed by atoms with van der Waals surface area (Å²) in [4.78, 5) is 12.3. The fraction of sp³-hybridized carbons (Fsp3) is 0.138. The van der Waals surface area contributed by atoms with Crippen molar-refractivity contribution in [3.05, 3.63) is 95.1 Å². The summed E-state index contributed by atoms with van der Waals surface area (Å²) < 4.78 is 14.6. The quantitative estimate of drug-likeness (QED) is 0.320. The first kappa shape index (κ1) is 23.4. The number of hydrogen-bond acceptors (Lipinski definition) is 4. The standard InChI is InChI=1S/C29H27FN6/c1-4-25-22(12-18(3)20-13-19(15-31-5-2)16-32-17-20)29(36-35-25)27-14-23-26(34-27)10-11-33-28(23)21-8-6-7-9-24(21)30/h4,6-14,16-17,31,34-35H,3,5,15H2,1-2H3/b22-12+,25-4+. The van der Waals surface area contributed by atoms with Crippen molar-refractivity contribution in [2.24, 2.45) is 0 Å². The first-order chi connectivity index (χ1) is 17.6. The van der Waals surface area contributed by atoms with Crippen LogP contribution in [0.25, 0.3) is 51.3 Å². The maximum Gasteiger partial charge on any atom is 0.132 e.